The van der Waals surface area contributed by atoms with E-state index in [2.05, 4.69) is 39.7 Å². The zero-order valence-electron chi connectivity index (χ0n) is 23.6. The van der Waals surface area contributed by atoms with Gasteiger partial charge in [-0.25, -0.2) is 0 Å². The van der Waals surface area contributed by atoms with Crippen molar-refractivity contribution in [3.05, 3.63) is 72.6 Å². The van der Waals surface area contributed by atoms with Crippen LogP contribution < -0.4 is 14.8 Å². The molecule has 2 aromatic rings. The van der Waals surface area contributed by atoms with Crippen LogP contribution in [0.3, 0.4) is 0 Å². The van der Waals surface area contributed by atoms with Crippen LogP contribution in [0.15, 0.2) is 52.9 Å². The van der Waals surface area contributed by atoms with E-state index in [0.717, 1.165) is 69.5 Å². The number of nitrogens with one attached hydrogen (secondary N) is 1. The minimum absolute atomic E-state index is 0.112. The van der Waals surface area contributed by atoms with E-state index in [0.29, 0.717) is 41.7 Å². The summed E-state index contributed by atoms with van der Waals surface area (Å²) >= 11 is 8.37. The molecule has 0 spiro atoms. The third-order valence-electron chi connectivity index (χ3n) is 7.87. The van der Waals surface area contributed by atoms with Gasteiger partial charge in [0.1, 0.15) is 0 Å². The van der Waals surface area contributed by atoms with E-state index in [1.54, 1.807) is 12.1 Å². The molecule has 0 bridgehead atoms. The van der Waals surface area contributed by atoms with E-state index in [1.807, 2.05) is 32.0 Å². The van der Waals surface area contributed by atoms with Gasteiger partial charge in [-0.3, -0.25) is 14.4 Å². The molecule has 1 heterocycles. The van der Waals surface area contributed by atoms with Crippen LogP contribution in [0.25, 0.3) is 0 Å². The fraction of sp³-hybridized carbons (Fsp3) is 0.406. The summed E-state index contributed by atoms with van der Waals surface area (Å²) in [5.41, 5.74) is 5.96. The molecule has 0 unspecified atom stereocenters. The highest BCUT2D eigenvalue weighted by Crippen LogP contribution is 2.50. The smallest absolute Gasteiger partial charge is 0.262 e. The summed E-state index contributed by atoms with van der Waals surface area (Å²) in [7, 11) is 0. The number of anilines is 1. The monoisotopic (exact) mass is 688 g/mol. The predicted octanol–water partition coefficient (Wildman–Crippen LogP) is 7.10. The highest BCUT2D eigenvalue weighted by atomic mass is 127. The van der Waals surface area contributed by atoms with Crippen molar-refractivity contribution in [3.8, 4) is 11.5 Å². The molecule has 9 heteroatoms. The van der Waals surface area contributed by atoms with E-state index in [9.17, 15) is 14.4 Å². The molecule has 1 amide bonds. The Labute approximate surface area is 259 Å². The number of benzene rings is 2. The number of carbonyl (C=O) groups is 3. The lowest BCUT2D eigenvalue weighted by Crippen LogP contribution is -2.39. The molecule has 0 atom stereocenters. The number of aryl methyl sites for hydroxylation is 1. The van der Waals surface area contributed by atoms with E-state index in [1.165, 1.54) is 0 Å². The number of halogens is 2. The second kappa shape index (κ2) is 12.6. The highest BCUT2D eigenvalue weighted by molar-refractivity contribution is 14.1. The Bertz CT molecular complexity index is 1440. The first-order chi connectivity index (χ1) is 19.7. The lowest BCUT2D eigenvalue weighted by Gasteiger charge is -2.43. The Kier molecular flexibility index (Phi) is 9.09. The topological polar surface area (TPSA) is 84.9 Å². The predicted molar refractivity (Wildman–Crippen MR) is 168 cm³/mol. The number of nitrogens with zero attached hydrogens (tertiary/aromatic N) is 1. The van der Waals surface area contributed by atoms with Crippen LogP contribution in [0.1, 0.15) is 69.4 Å². The van der Waals surface area contributed by atoms with Crippen molar-refractivity contribution in [3.63, 3.8) is 0 Å². The molecule has 2 aromatic carbocycles. The molecule has 1 N–H and O–H groups in total. The van der Waals surface area contributed by atoms with E-state index in [-0.39, 0.29) is 24.1 Å². The average molecular weight is 689 g/mol. The van der Waals surface area contributed by atoms with Gasteiger partial charge in [-0.2, -0.15) is 0 Å². The summed E-state index contributed by atoms with van der Waals surface area (Å²) < 4.78 is 12.7. The minimum atomic E-state index is -0.431. The molecule has 216 valence electrons. The second-order valence-electron chi connectivity index (χ2n) is 10.5. The molecule has 2 aliphatic carbocycles. The maximum Gasteiger partial charge on any atom is 0.262 e. The zero-order valence-corrected chi connectivity index (χ0v) is 26.5. The molecule has 0 saturated heterocycles. The van der Waals surface area contributed by atoms with Crippen molar-refractivity contribution in [2.45, 2.75) is 65.2 Å². The van der Waals surface area contributed by atoms with Gasteiger partial charge in [-0.15, -0.1) is 0 Å². The van der Waals surface area contributed by atoms with E-state index < -0.39 is 5.92 Å². The Hall–Kier alpha value is -2.85. The molecule has 7 nitrogen and oxygen atoms in total. The van der Waals surface area contributed by atoms with Gasteiger partial charge in [0, 0.05) is 58.6 Å². The van der Waals surface area contributed by atoms with Crippen molar-refractivity contribution in [2.75, 3.05) is 25.1 Å². The van der Waals surface area contributed by atoms with Crippen molar-refractivity contribution >= 4 is 57.4 Å². The van der Waals surface area contributed by atoms with Crippen molar-refractivity contribution in [1.82, 2.24) is 4.90 Å². The van der Waals surface area contributed by atoms with Gasteiger partial charge in [0.25, 0.3) is 5.91 Å². The molecule has 0 radical (unpaired) electrons. The van der Waals surface area contributed by atoms with Crippen molar-refractivity contribution in [1.29, 1.82) is 0 Å². The summed E-state index contributed by atoms with van der Waals surface area (Å²) in [6.45, 7) is 6.76. The first-order valence-corrected chi connectivity index (χ1v) is 15.6. The average Bonchev–Trinajstić information content (AvgIpc) is 2.94. The lowest BCUT2D eigenvalue weighted by atomic mass is 9.71. The number of amides is 1. The molecule has 3 aliphatic rings. The Morgan fingerprint density at radius 1 is 1.00 bits per heavy atom. The molecule has 1 aliphatic heterocycles. The highest BCUT2D eigenvalue weighted by Gasteiger charge is 2.43. The van der Waals surface area contributed by atoms with Gasteiger partial charge in [0.2, 0.25) is 0 Å². The van der Waals surface area contributed by atoms with E-state index >= 15 is 0 Å². The molecule has 0 fully saturated rings. The first-order valence-electron chi connectivity index (χ1n) is 14.2. The second-order valence-corrected chi connectivity index (χ2v) is 12.1. The van der Waals surface area contributed by atoms with Crippen LogP contribution in [0, 0.1) is 10.5 Å². The molecular weight excluding hydrogens is 655 g/mol. The maximum absolute atomic E-state index is 13.5. The van der Waals surface area contributed by atoms with Gasteiger partial charge in [0.15, 0.2) is 29.7 Å². The van der Waals surface area contributed by atoms with Gasteiger partial charge in [-0.05, 0) is 104 Å². The van der Waals surface area contributed by atoms with Crippen molar-refractivity contribution in [2.24, 2.45) is 0 Å². The third kappa shape index (κ3) is 5.91. The fourth-order valence-electron chi connectivity index (χ4n) is 6.09. The summed E-state index contributed by atoms with van der Waals surface area (Å²) in [6, 6.07) is 9.17. The largest absolute Gasteiger partial charge is 0.490 e. The number of ketones is 2. The lowest BCUT2D eigenvalue weighted by molar-refractivity contribution is -0.118. The maximum atomic E-state index is 13.5. The molecule has 0 saturated carbocycles. The quantitative estimate of drug-likeness (QED) is 0.298. The van der Waals surface area contributed by atoms with Crippen LogP contribution in [0.5, 0.6) is 11.5 Å². The number of carbonyl (C=O) groups excluding carboxylic acids is 3. The Morgan fingerprint density at radius 3 is 2.24 bits per heavy atom. The summed E-state index contributed by atoms with van der Waals surface area (Å²) in [5.74, 6) is 0.396. The zero-order chi connectivity index (χ0) is 29.3. The van der Waals surface area contributed by atoms with Gasteiger partial charge >= 0.3 is 0 Å². The van der Waals surface area contributed by atoms with E-state index in [4.69, 9.17) is 21.1 Å². The standard InChI is InChI=1S/C32H34ClIN2O5/c1-4-36-23-8-6-10-25(37)30(23)29(31-24(36)9-7-11-26(31)38)19-14-22(34)32(27(15-19)40-5-2)41-17-28(39)35-20-13-12-18(3)21(33)16-20/h12-16,29H,4-11,17H2,1-3H3,(H,35,39). The molecule has 5 rings (SSSR count). The number of hydrogen-bond acceptors (Lipinski definition) is 6. The molecule has 0 aromatic heterocycles. The summed E-state index contributed by atoms with van der Waals surface area (Å²) in [4.78, 5) is 41.8. The van der Waals surface area contributed by atoms with Crippen LogP contribution in [0.4, 0.5) is 5.69 Å². The first kappa shape index (κ1) is 29.6. The van der Waals surface area contributed by atoms with Gasteiger partial charge in [-0.1, -0.05) is 17.7 Å². The summed E-state index contributed by atoms with van der Waals surface area (Å²) in [5, 5.41) is 3.38. The number of ether oxygens (including phenoxy) is 2. The SMILES string of the molecule is CCOc1cc(C2C3=C(CCCC3=O)N(CC)C3=C2C(=O)CCC3)cc(I)c1OCC(=O)Nc1ccc(C)c(Cl)c1. The van der Waals surface area contributed by atoms with Crippen LogP contribution >= 0.6 is 34.2 Å². The molecular formula is C32H34ClIN2O5. The number of Topliss-reactive ketones (excluding diaryl/α,β-unsaturated/α-hetero) is 2. The normalized spacial score (nSPS) is 17.4. The Balaban J connectivity index is 1.49. The minimum Gasteiger partial charge on any atom is -0.490 e. The Morgan fingerprint density at radius 2 is 1.66 bits per heavy atom. The van der Waals surface area contributed by atoms with Gasteiger partial charge in [0.05, 0.1) is 10.2 Å². The number of allylic oxidation sites excluding steroid dienone is 4. The van der Waals surface area contributed by atoms with Gasteiger partial charge < -0.3 is 19.7 Å². The molecule has 41 heavy (non-hydrogen) atoms. The fourth-order valence-corrected chi connectivity index (χ4v) is 7.06. The van der Waals surface area contributed by atoms with Crippen LogP contribution in [-0.4, -0.2) is 42.1 Å². The third-order valence-corrected chi connectivity index (χ3v) is 9.08. The summed E-state index contributed by atoms with van der Waals surface area (Å²) in [6.07, 6.45) is 4.28. The number of rotatable bonds is 8. The van der Waals surface area contributed by atoms with Crippen LogP contribution in [0.2, 0.25) is 5.02 Å². The van der Waals surface area contributed by atoms with Crippen molar-refractivity contribution < 1.29 is 23.9 Å². The number of hydrogen-bond donors (Lipinski definition) is 1. The van der Waals surface area contributed by atoms with Crippen LogP contribution in [-0.2, 0) is 14.4 Å².